The maximum Gasteiger partial charge on any atom is 0.275 e. The van der Waals surface area contributed by atoms with Gasteiger partial charge in [0.25, 0.3) is 11.5 Å². The number of alkyl halides is 2. The van der Waals surface area contributed by atoms with Crippen LogP contribution in [-0.4, -0.2) is 21.3 Å². The molecule has 0 saturated heterocycles. The standard InChI is InChI=1S/C12H9Cl3FN3O/c13-8-2-1-3-9(14)7(8)6-19-5-4-10(18-19)17-12(20)11(15)16/h1-5,11H,6H2,(H,17,18,20). The molecule has 1 aromatic carbocycles. The van der Waals surface area contributed by atoms with Gasteiger partial charge in [0, 0.05) is 27.9 Å². The van der Waals surface area contributed by atoms with Crippen molar-refractivity contribution in [1.82, 2.24) is 9.78 Å². The molecule has 1 unspecified atom stereocenters. The van der Waals surface area contributed by atoms with E-state index in [4.69, 9.17) is 34.8 Å². The lowest BCUT2D eigenvalue weighted by molar-refractivity contribution is -0.118. The smallest absolute Gasteiger partial charge is 0.275 e. The van der Waals surface area contributed by atoms with Gasteiger partial charge in [-0.3, -0.25) is 9.48 Å². The molecule has 106 valence electrons. The van der Waals surface area contributed by atoms with Crippen LogP contribution < -0.4 is 5.32 Å². The van der Waals surface area contributed by atoms with Crippen LogP contribution in [0.4, 0.5) is 10.2 Å². The number of amides is 1. The molecule has 0 saturated carbocycles. The first kappa shape index (κ1) is 15.1. The fourth-order valence-electron chi connectivity index (χ4n) is 1.54. The van der Waals surface area contributed by atoms with Crippen LogP contribution in [0.1, 0.15) is 5.56 Å². The fourth-order valence-corrected chi connectivity index (χ4v) is 2.11. The predicted octanol–water partition coefficient (Wildman–Crippen LogP) is 3.71. The molecule has 1 atom stereocenters. The van der Waals surface area contributed by atoms with Crippen molar-refractivity contribution in [1.29, 1.82) is 0 Å². The van der Waals surface area contributed by atoms with Crippen LogP contribution in [0.3, 0.4) is 0 Å². The summed E-state index contributed by atoms with van der Waals surface area (Å²) in [5.41, 5.74) is -1.41. The summed E-state index contributed by atoms with van der Waals surface area (Å²) < 4.78 is 14.0. The highest BCUT2D eigenvalue weighted by molar-refractivity contribution is 6.36. The third-order valence-electron chi connectivity index (χ3n) is 2.47. The largest absolute Gasteiger partial charge is 0.306 e. The van der Waals surface area contributed by atoms with Crippen LogP contribution >= 0.6 is 34.8 Å². The summed E-state index contributed by atoms with van der Waals surface area (Å²) in [6, 6.07) is 6.69. The van der Waals surface area contributed by atoms with Crippen LogP contribution in [-0.2, 0) is 11.3 Å². The van der Waals surface area contributed by atoms with E-state index in [2.05, 4.69) is 10.4 Å². The summed E-state index contributed by atoms with van der Waals surface area (Å²) in [5.74, 6) is -0.769. The molecule has 0 radical (unpaired) electrons. The van der Waals surface area contributed by atoms with Crippen molar-refractivity contribution in [3.8, 4) is 0 Å². The molecular weight excluding hydrogens is 328 g/mol. The first-order valence-corrected chi connectivity index (χ1v) is 6.72. The lowest BCUT2D eigenvalue weighted by Gasteiger charge is -2.07. The summed E-state index contributed by atoms with van der Waals surface area (Å²) in [5, 5.41) is 7.32. The Morgan fingerprint density at radius 1 is 1.35 bits per heavy atom. The van der Waals surface area contributed by atoms with Crippen molar-refractivity contribution < 1.29 is 9.18 Å². The third-order valence-corrected chi connectivity index (χ3v) is 3.38. The second-order valence-electron chi connectivity index (χ2n) is 3.89. The molecule has 1 heterocycles. The van der Waals surface area contributed by atoms with E-state index in [-0.39, 0.29) is 5.82 Å². The van der Waals surface area contributed by atoms with E-state index in [1.807, 2.05) is 0 Å². The highest BCUT2D eigenvalue weighted by Gasteiger charge is 2.14. The van der Waals surface area contributed by atoms with E-state index in [0.717, 1.165) is 0 Å². The van der Waals surface area contributed by atoms with Crippen molar-refractivity contribution in [2.75, 3.05) is 5.32 Å². The quantitative estimate of drug-likeness (QED) is 0.865. The fraction of sp³-hybridized carbons (Fsp3) is 0.167. The van der Waals surface area contributed by atoms with Gasteiger partial charge in [-0.1, -0.05) is 40.9 Å². The second-order valence-corrected chi connectivity index (χ2v) is 5.09. The zero-order valence-electron chi connectivity index (χ0n) is 9.99. The number of hydrogen-bond donors (Lipinski definition) is 1. The van der Waals surface area contributed by atoms with Crippen LogP contribution in [0, 0.1) is 0 Å². The van der Waals surface area contributed by atoms with Gasteiger partial charge in [-0.15, -0.1) is 0 Å². The average molecular weight is 337 g/mol. The van der Waals surface area contributed by atoms with E-state index in [1.165, 1.54) is 10.7 Å². The number of benzene rings is 1. The zero-order chi connectivity index (χ0) is 14.7. The molecule has 2 rings (SSSR count). The number of rotatable bonds is 4. The Labute approximate surface area is 129 Å². The van der Waals surface area contributed by atoms with Gasteiger partial charge in [0.1, 0.15) is 0 Å². The Morgan fingerprint density at radius 2 is 2.00 bits per heavy atom. The first-order chi connectivity index (χ1) is 9.47. The van der Waals surface area contributed by atoms with E-state index in [9.17, 15) is 9.18 Å². The van der Waals surface area contributed by atoms with Crippen molar-refractivity contribution >= 4 is 46.5 Å². The molecular formula is C12H9Cl3FN3O. The Bertz CT molecular complexity index is 610. The topological polar surface area (TPSA) is 46.9 Å². The molecule has 4 nitrogen and oxygen atoms in total. The summed E-state index contributed by atoms with van der Waals surface area (Å²) in [4.78, 5) is 11.1. The maximum absolute atomic E-state index is 12.5. The summed E-state index contributed by atoms with van der Waals surface area (Å²) in [7, 11) is 0. The SMILES string of the molecule is O=C(Nc1ccn(Cc2c(Cl)cccc2Cl)n1)C(F)Cl. The number of nitrogens with zero attached hydrogens (tertiary/aromatic N) is 2. The van der Waals surface area contributed by atoms with E-state index < -0.39 is 11.5 Å². The number of nitrogens with one attached hydrogen (secondary N) is 1. The lowest BCUT2D eigenvalue weighted by Crippen LogP contribution is -2.19. The summed E-state index contributed by atoms with van der Waals surface area (Å²) in [6.07, 6.45) is 1.61. The van der Waals surface area contributed by atoms with Gasteiger partial charge < -0.3 is 5.32 Å². The zero-order valence-corrected chi connectivity index (χ0v) is 12.3. The predicted molar refractivity (Wildman–Crippen MR) is 77.2 cm³/mol. The van der Waals surface area contributed by atoms with Gasteiger partial charge in [-0.25, -0.2) is 4.39 Å². The highest BCUT2D eigenvalue weighted by atomic mass is 35.5. The van der Waals surface area contributed by atoms with E-state index in [0.29, 0.717) is 22.2 Å². The normalized spacial score (nSPS) is 12.2. The van der Waals surface area contributed by atoms with Crippen LogP contribution in [0.25, 0.3) is 0 Å². The van der Waals surface area contributed by atoms with Gasteiger partial charge in [0.2, 0.25) is 0 Å². The van der Waals surface area contributed by atoms with Gasteiger partial charge in [-0.05, 0) is 12.1 Å². The number of carbonyl (C=O) groups excluding carboxylic acids is 1. The molecule has 0 fully saturated rings. The Morgan fingerprint density at radius 3 is 2.60 bits per heavy atom. The number of halogens is 4. The number of anilines is 1. The van der Waals surface area contributed by atoms with Crippen molar-refractivity contribution in [3.63, 3.8) is 0 Å². The van der Waals surface area contributed by atoms with Crippen LogP contribution in [0.2, 0.25) is 10.0 Å². The molecule has 1 amide bonds. The molecule has 8 heteroatoms. The maximum atomic E-state index is 12.5. The Balaban J connectivity index is 2.12. The Kier molecular flexibility index (Phi) is 4.86. The monoisotopic (exact) mass is 335 g/mol. The third kappa shape index (κ3) is 3.62. The second kappa shape index (κ2) is 6.43. The van der Waals surface area contributed by atoms with E-state index in [1.54, 1.807) is 24.4 Å². The molecule has 0 aliphatic carbocycles. The van der Waals surface area contributed by atoms with Gasteiger partial charge in [0.05, 0.1) is 6.54 Å². The van der Waals surface area contributed by atoms with E-state index >= 15 is 0 Å². The van der Waals surface area contributed by atoms with Crippen LogP contribution in [0.5, 0.6) is 0 Å². The van der Waals surface area contributed by atoms with Crippen LogP contribution in [0.15, 0.2) is 30.5 Å². The molecule has 2 aromatic rings. The average Bonchev–Trinajstić information content (AvgIpc) is 2.81. The number of hydrogen-bond acceptors (Lipinski definition) is 2. The van der Waals surface area contributed by atoms with Gasteiger partial charge in [0.15, 0.2) is 5.82 Å². The first-order valence-electron chi connectivity index (χ1n) is 5.52. The molecule has 1 N–H and O–H groups in total. The van der Waals surface area contributed by atoms with Crippen molar-refractivity contribution in [3.05, 3.63) is 46.1 Å². The van der Waals surface area contributed by atoms with Gasteiger partial charge in [-0.2, -0.15) is 5.10 Å². The molecule has 0 aliphatic rings. The lowest BCUT2D eigenvalue weighted by atomic mass is 10.2. The summed E-state index contributed by atoms with van der Waals surface area (Å²) in [6.45, 7) is 0.328. The number of aromatic nitrogens is 2. The summed E-state index contributed by atoms with van der Waals surface area (Å²) >= 11 is 17.1. The Hall–Kier alpha value is -1.30. The van der Waals surface area contributed by atoms with Gasteiger partial charge >= 0.3 is 0 Å². The minimum atomic E-state index is -2.11. The molecule has 20 heavy (non-hydrogen) atoms. The number of carbonyl (C=O) groups is 1. The highest BCUT2D eigenvalue weighted by Crippen LogP contribution is 2.25. The van der Waals surface area contributed by atoms with Crippen molar-refractivity contribution in [2.24, 2.45) is 0 Å². The van der Waals surface area contributed by atoms with Crippen molar-refractivity contribution in [2.45, 2.75) is 12.2 Å². The molecule has 0 aliphatic heterocycles. The minimum Gasteiger partial charge on any atom is -0.306 e. The molecule has 0 bridgehead atoms. The molecule has 0 spiro atoms. The molecule has 1 aromatic heterocycles. The minimum absolute atomic E-state index is 0.196.